The average molecular weight is 527 g/mol. The van der Waals surface area contributed by atoms with E-state index in [1.165, 1.54) is 22.9 Å². The zero-order valence-corrected chi connectivity index (χ0v) is 22.5. The quantitative estimate of drug-likeness (QED) is 0.117. The van der Waals surface area contributed by atoms with Crippen LogP contribution in [0.4, 0.5) is 0 Å². The van der Waals surface area contributed by atoms with Gasteiger partial charge in [-0.1, -0.05) is 36.0 Å². The number of carbonyl (C=O) groups is 1. The van der Waals surface area contributed by atoms with Gasteiger partial charge >= 0.3 is 0 Å². The van der Waals surface area contributed by atoms with Crippen molar-refractivity contribution < 1.29 is 9.53 Å². The van der Waals surface area contributed by atoms with Crippen molar-refractivity contribution in [3.05, 3.63) is 89.3 Å². The number of thioether (sulfide) groups is 1. The van der Waals surface area contributed by atoms with Crippen molar-refractivity contribution in [3.8, 4) is 27.7 Å². The molecular weight excluding hydrogens is 500 g/mol. The van der Waals surface area contributed by atoms with Gasteiger partial charge in [-0.2, -0.15) is 0 Å². The van der Waals surface area contributed by atoms with Crippen LogP contribution >= 0.6 is 23.1 Å². The molecule has 5 aromatic rings. The highest BCUT2D eigenvalue weighted by Crippen LogP contribution is 2.35. The predicted molar refractivity (Wildman–Crippen MR) is 152 cm³/mol. The van der Waals surface area contributed by atoms with Crippen LogP contribution in [-0.2, 0) is 6.54 Å². The number of ketones is 1. The minimum Gasteiger partial charge on any atom is -0.497 e. The Kier molecular flexibility index (Phi) is 7.21. The molecule has 0 saturated heterocycles. The number of aromatic nitrogens is 4. The molecule has 2 aromatic carbocycles. The second-order valence-corrected chi connectivity index (χ2v) is 10.5. The number of aryl methyl sites for hydroxylation is 2. The van der Waals surface area contributed by atoms with Crippen LogP contribution in [-0.4, -0.2) is 38.4 Å². The summed E-state index contributed by atoms with van der Waals surface area (Å²) in [6.45, 7) is 8.66. The molecule has 6 nitrogen and oxygen atoms in total. The number of hydrogen-bond acceptors (Lipinski definition) is 7. The molecule has 0 radical (unpaired) electrons. The number of pyridine rings is 1. The lowest BCUT2D eigenvalue weighted by Gasteiger charge is -2.13. The number of nitrogens with zero attached hydrogens (tertiary/aromatic N) is 4. The van der Waals surface area contributed by atoms with E-state index in [4.69, 9.17) is 9.72 Å². The van der Waals surface area contributed by atoms with E-state index in [-0.39, 0.29) is 11.5 Å². The summed E-state index contributed by atoms with van der Waals surface area (Å²) >= 11 is 3.02. The van der Waals surface area contributed by atoms with Gasteiger partial charge in [-0.05, 0) is 66.8 Å². The van der Waals surface area contributed by atoms with Gasteiger partial charge in [-0.25, -0.2) is 4.98 Å². The van der Waals surface area contributed by atoms with Gasteiger partial charge in [-0.15, -0.1) is 28.1 Å². The fourth-order valence-electron chi connectivity index (χ4n) is 4.12. The van der Waals surface area contributed by atoms with Crippen LogP contribution in [0.3, 0.4) is 0 Å². The van der Waals surface area contributed by atoms with Gasteiger partial charge in [0, 0.05) is 23.1 Å². The predicted octanol–water partition coefficient (Wildman–Crippen LogP) is 7.01. The molecule has 0 N–H and O–H groups in total. The van der Waals surface area contributed by atoms with Crippen LogP contribution in [0.1, 0.15) is 21.5 Å². The Morgan fingerprint density at radius 3 is 2.70 bits per heavy atom. The van der Waals surface area contributed by atoms with Crippen LogP contribution in [0, 0.1) is 13.8 Å². The fraction of sp³-hybridized carbons (Fsp3) is 0.172. The molecule has 5 rings (SSSR count). The monoisotopic (exact) mass is 526 g/mol. The van der Waals surface area contributed by atoms with E-state index in [9.17, 15) is 4.79 Å². The first-order valence-electron chi connectivity index (χ1n) is 11.8. The second-order valence-electron chi connectivity index (χ2n) is 8.64. The molecular formula is C29H26N4O2S2. The van der Waals surface area contributed by atoms with Crippen LogP contribution in [0.25, 0.3) is 32.9 Å². The van der Waals surface area contributed by atoms with Crippen molar-refractivity contribution in [3.63, 3.8) is 0 Å². The van der Waals surface area contributed by atoms with Crippen LogP contribution < -0.4 is 4.74 Å². The van der Waals surface area contributed by atoms with Crippen molar-refractivity contribution in [1.82, 2.24) is 19.7 Å². The van der Waals surface area contributed by atoms with Gasteiger partial charge < -0.3 is 4.74 Å². The maximum Gasteiger partial charge on any atom is 0.192 e. The third kappa shape index (κ3) is 5.08. The number of Topliss-reactive ketones (excluding diaryl/α,β-unsaturated/α-hetero) is 1. The minimum absolute atomic E-state index is 0.000884. The van der Waals surface area contributed by atoms with Crippen molar-refractivity contribution in [2.75, 3.05) is 12.9 Å². The largest absolute Gasteiger partial charge is 0.497 e. The molecule has 0 fully saturated rings. The van der Waals surface area contributed by atoms with Crippen LogP contribution in [0.15, 0.2) is 77.8 Å². The Morgan fingerprint density at radius 2 is 1.95 bits per heavy atom. The molecule has 0 unspecified atom stereocenters. The zero-order valence-electron chi connectivity index (χ0n) is 20.9. The van der Waals surface area contributed by atoms with Crippen molar-refractivity contribution >= 4 is 39.8 Å². The summed E-state index contributed by atoms with van der Waals surface area (Å²) < 4.78 is 7.27. The Bertz CT molecular complexity index is 1610. The molecule has 0 spiro atoms. The van der Waals surface area contributed by atoms with E-state index in [0.29, 0.717) is 23.0 Å². The summed E-state index contributed by atoms with van der Waals surface area (Å²) in [5.74, 6) is 1.62. The average Bonchev–Trinajstić information content (AvgIpc) is 3.58. The fourth-order valence-corrected chi connectivity index (χ4v) is 5.65. The molecule has 0 atom stereocenters. The second kappa shape index (κ2) is 10.7. The Hall–Kier alpha value is -3.75. The molecule has 37 heavy (non-hydrogen) atoms. The smallest absolute Gasteiger partial charge is 0.192 e. The number of ether oxygens (including phenoxy) is 1. The van der Waals surface area contributed by atoms with E-state index >= 15 is 0 Å². The maximum atomic E-state index is 12.9. The molecule has 0 saturated carbocycles. The molecule has 186 valence electrons. The van der Waals surface area contributed by atoms with Gasteiger partial charge in [0.1, 0.15) is 5.75 Å². The summed E-state index contributed by atoms with van der Waals surface area (Å²) in [6, 6.07) is 17.7. The number of hydrogen-bond donors (Lipinski definition) is 0. The number of carbonyl (C=O) groups excluding carboxylic acids is 1. The standard InChI is InChI=1S/C29H26N4O2S2/c1-5-11-33-28(31-32-29(33)37-17-26(34)20-8-6-9-21(15-20)35-4)23-16-25(27-10-7-12-36-27)30-24-14-19(3)18(2)13-22(23)24/h5-10,12-16H,1,11,17H2,2-4H3. The van der Waals surface area contributed by atoms with E-state index in [1.807, 2.05) is 28.8 Å². The SMILES string of the molecule is C=CCn1c(SCC(=O)c2cccc(OC)c2)nnc1-c1cc(-c2cccs2)nc2cc(C)c(C)cc12. The number of rotatable bonds is 9. The summed E-state index contributed by atoms with van der Waals surface area (Å²) in [4.78, 5) is 19.0. The van der Waals surface area contributed by atoms with E-state index in [1.54, 1.807) is 30.6 Å². The highest BCUT2D eigenvalue weighted by Gasteiger charge is 2.20. The summed E-state index contributed by atoms with van der Waals surface area (Å²) in [6.07, 6.45) is 1.82. The summed E-state index contributed by atoms with van der Waals surface area (Å²) in [5.41, 5.74) is 5.75. The third-order valence-electron chi connectivity index (χ3n) is 6.19. The van der Waals surface area contributed by atoms with Crippen LogP contribution in [0.5, 0.6) is 5.75 Å². The summed E-state index contributed by atoms with van der Waals surface area (Å²) in [7, 11) is 1.59. The number of fused-ring (bicyclic) bond motifs is 1. The number of allylic oxidation sites excluding steroid dienone is 1. The van der Waals surface area contributed by atoms with Crippen molar-refractivity contribution in [1.29, 1.82) is 0 Å². The first kappa shape index (κ1) is 24.9. The number of benzene rings is 2. The topological polar surface area (TPSA) is 69.9 Å². The normalized spacial score (nSPS) is 11.1. The van der Waals surface area contributed by atoms with Gasteiger partial charge in [0.2, 0.25) is 0 Å². The van der Waals surface area contributed by atoms with Gasteiger partial charge in [0.15, 0.2) is 16.8 Å². The molecule has 0 aliphatic heterocycles. The lowest BCUT2D eigenvalue weighted by atomic mass is 10.0. The third-order valence-corrected chi connectivity index (χ3v) is 8.05. The molecule has 3 aromatic heterocycles. The van der Waals surface area contributed by atoms with Gasteiger partial charge in [-0.3, -0.25) is 9.36 Å². The highest BCUT2D eigenvalue weighted by molar-refractivity contribution is 7.99. The Balaban J connectivity index is 1.56. The molecule has 0 bridgehead atoms. The number of methoxy groups -OCH3 is 1. The molecule has 0 amide bonds. The molecule has 0 aliphatic carbocycles. The van der Waals surface area contributed by atoms with E-state index in [2.05, 4.69) is 60.3 Å². The van der Waals surface area contributed by atoms with Crippen LogP contribution in [0.2, 0.25) is 0 Å². The molecule has 8 heteroatoms. The van der Waals surface area contributed by atoms with E-state index in [0.717, 1.165) is 32.9 Å². The Labute approximate surface area is 224 Å². The van der Waals surface area contributed by atoms with Crippen molar-refractivity contribution in [2.24, 2.45) is 0 Å². The summed E-state index contributed by atoms with van der Waals surface area (Å²) in [5, 5.41) is 12.8. The zero-order chi connectivity index (χ0) is 25.9. The first-order valence-corrected chi connectivity index (χ1v) is 13.7. The molecule has 0 aliphatic rings. The highest BCUT2D eigenvalue weighted by atomic mass is 32.2. The van der Waals surface area contributed by atoms with Crippen molar-refractivity contribution in [2.45, 2.75) is 25.5 Å². The minimum atomic E-state index is -0.000884. The Morgan fingerprint density at radius 1 is 1.11 bits per heavy atom. The first-order chi connectivity index (χ1) is 18.0. The maximum absolute atomic E-state index is 12.9. The van der Waals surface area contributed by atoms with E-state index < -0.39 is 0 Å². The van der Waals surface area contributed by atoms with Gasteiger partial charge in [0.25, 0.3) is 0 Å². The lowest BCUT2D eigenvalue weighted by Crippen LogP contribution is -2.06. The number of thiophene rings is 1. The molecule has 3 heterocycles. The lowest BCUT2D eigenvalue weighted by molar-refractivity contribution is 0.102. The van der Waals surface area contributed by atoms with Gasteiger partial charge in [0.05, 0.1) is 29.0 Å².